The van der Waals surface area contributed by atoms with Crippen molar-refractivity contribution in [2.24, 2.45) is 0 Å². The summed E-state index contributed by atoms with van der Waals surface area (Å²) in [5, 5.41) is 0. The Bertz CT molecular complexity index is 1150. The standard InChI is InChI=1S/C24H26N6O2/c31-23-18-9-14-29(15-17-7-11-25-12-8-17)16-20(18)27-22(28-23)21-6-2-4-13-30(21)24(32)19-5-1-3-10-26-19/h1,3,5,7-8,10-12,21H,2,4,6,9,13-16H2,(H,27,28,31). The Morgan fingerprint density at radius 3 is 2.78 bits per heavy atom. The van der Waals surface area contributed by atoms with Crippen LogP contribution >= 0.6 is 0 Å². The lowest BCUT2D eigenvalue weighted by Gasteiger charge is -2.35. The minimum absolute atomic E-state index is 0.0793. The van der Waals surface area contributed by atoms with Gasteiger partial charge in [0, 0.05) is 50.3 Å². The van der Waals surface area contributed by atoms with Gasteiger partial charge in [-0.05, 0) is 55.5 Å². The van der Waals surface area contributed by atoms with Crippen LogP contribution in [0.1, 0.15) is 58.4 Å². The third kappa shape index (κ3) is 4.18. The van der Waals surface area contributed by atoms with Crippen LogP contribution in [0.3, 0.4) is 0 Å². The number of nitrogens with zero attached hydrogens (tertiary/aromatic N) is 5. The fraction of sp³-hybridized carbons (Fsp3) is 0.375. The van der Waals surface area contributed by atoms with Crippen molar-refractivity contribution in [1.82, 2.24) is 29.7 Å². The SMILES string of the molecule is O=C(c1ccccn1)N1CCCCC1c1nc2c(c(=O)[nH]1)CCN(Cc1ccncc1)C2. The highest BCUT2D eigenvalue weighted by atomic mass is 16.2. The number of carbonyl (C=O) groups is 1. The van der Waals surface area contributed by atoms with Crippen molar-refractivity contribution in [3.05, 3.63) is 87.6 Å². The van der Waals surface area contributed by atoms with Crippen LogP contribution in [0.5, 0.6) is 0 Å². The molecule has 0 bridgehead atoms. The Kier molecular flexibility index (Phi) is 5.77. The lowest BCUT2D eigenvalue weighted by atomic mass is 9.99. The predicted octanol–water partition coefficient (Wildman–Crippen LogP) is 2.49. The number of hydrogen-bond donors (Lipinski definition) is 1. The van der Waals surface area contributed by atoms with Gasteiger partial charge in [0.1, 0.15) is 11.5 Å². The molecule has 2 aliphatic rings. The molecule has 1 unspecified atom stereocenters. The number of rotatable bonds is 4. The maximum Gasteiger partial charge on any atom is 0.273 e. The molecule has 32 heavy (non-hydrogen) atoms. The van der Waals surface area contributed by atoms with Crippen LogP contribution in [0, 0.1) is 0 Å². The van der Waals surface area contributed by atoms with Crippen LogP contribution < -0.4 is 5.56 Å². The van der Waals surface area contributed by atoms with Gasteiger partial charge in [-0.15, -0.1) is 0 Å². The summed E-state index contributed by atoms with van der Waals surface area (Å²) in [6.07, 6.45) is 8.60. The molecular formula is C24H26N6O2. The molecule has 5 rings (SSSR count). The van der Waals surface area contributed by atoms with Crippen LogP contribution in [0.2, 0.25) is 0 Å². The van der Waals surface area contributed by atoms with E-state index in [4.69, 9.17) is 4.98 Å². The second kappa shape index (κ2) is 9.00. The number of amides is 1. The quantitative estimate of drug-likeness (QED) is 0.683. The molecule has 1 amide bonds. The van der Waals surface area contributed by atoms with Gasteiger partial charge in [-0.25, -0.2) is 4.98 Å². The maximum atomic E-state index is 13.1. The third-order valence-corrected chi connectivity index (χ3v) is 6.29. The van der Waals surface area contributed by atoms with E-state index in [0.717, 1.165) is 43.6 Å². The number of aromatic amines is 1. The molecule has 0 saturated carbocycles. The van der Waals surface area contributed by atoms with E-state index in [-0.39, 0.29) is 17.5 Å². The fourth-order valence-corrected chi connectivity index (χ4v) is 4.65. The second-order valence-electron chi connectivity index (χ2n) is 8.42. The van der Waals surface area contributed by atoms with E-state index in [0.29, 0.717) is 31.0 Å². The lowest BCUT2D eigenvalue weighted by Crippen LogP contribution is -2.41. The molecule has 164 valence electrons. The Labute approximate surface area is 186 Å². The number of pyridine rings is 2. The minimum atomic E-state index is -0.244. The summed E-state index contributed by atoms with van der Waals surface area (Å²) in [6.45, 7) is 2.86. The van der Waals surface area contributed by atoms with Crippen LogP contribution in [0.15, 0.2) is 53.7 Å². The second-order valence-corrected chi connectivity index (χ2v) is 8.42. The highest BCUT2D eigenvalue weighted by molar-refractivity contribution is 5.92. The Morgan fingerprint density at radius 2 is 1.97 bits per heavy atom. The van der Waals surface area contributed by atoms with E-state index in [2.05, 4.69) is 19.9 Å². The van der Waals surface area contributed by atoms with Crippen LogP contribution in [0.4, 0.5) is 0 Å². The fourth-order valence-electron chi connectivity index (χ4n) is 4.65. The Hall–Kier alpha value is -3.39. The molecule has 2 aliphatic heterocycles. The van der Waals surface area contributed by atoms with Crippen molar-refractivity contribution in [1.29, 1.82) is 0 Å². The summed E-state index contributed by atoms with van der Waals surface area (Å²) >= 11 is 0. The highest BCUT2D eigenvalue weighted by Gasteiger charge is 2.32. The molecule has 0 aliphatic carbocycles. The van der Waals surface area contributed by atoms with Crippen LogP contribution in [-0.4, -0.2) is 48.7 Å². The minimum Gasteiger partial charge on any atom is -0.327 e. The van der Waals surface area contributed by atoms with Crippen molar-refractivity contribution < 1.29 is 4.79 Å². The van der Waals surface area contributed by atoms with Gasteiger partial charge in [-0.2, -0.15) is 0 Å². The molecule has 1 atom stereocenters. The molecule has 1 fully saturated rings. The number of fused-ring (bicyclic) bond motifs is 1. The summed E-state index contributed by atoms with van der Waals surface area (Å²) < 4.78 is 0. The molecule has 0 radical (unpaired) electrons. The summed E-state index contributed by atoms with van der Waals surface area (Å²) in [5.74, 6) is 0.471. The first-order chi connectivity index (χ1) is 15.7. The zero-order valence-electron chi connectivity index (χ0n) is 17.9. The molecule has 5 heterocycles. The van der Waals surface area contributed by atoms with E-state index in [1.807, 2.05) is 23.1 Å². The number of carbonyl (C=O) groups excluding carboxylic acids is 1. The van der Waals surface area contributed by atoms with E-state index in [1.54, 1.807) is 30.7 Å². The van der Waals surface area contributed by atoms with Gasteiger partial charge >= 0.3 is 0 Å². The molecule has 1 saturated heterocycles. The molecule has 0 aromatic carbocycles. The molecule has 8 heteroatoms. The summed E-state index contributed by atoms with van der Waals surface area (Å²) in [7, 11) is 0. The normalized spacial score (nSPS) is 18.9. The van der Waals surface area contributed by atoms with Crippen molar-refractivity contribution in [3.8, 4) is 0 Å². The summed E-state index contributed by atoms with van der Waals surface area (Å²) in [4.78, 5) is 46.3. The van der Waals surface area contributed by atoms with E-state index >= 15 is 0 Å². The molecule has 0 spiro atoms. The number of hydrogen-bond acceptors (Lipinski definition) is 6. The van der Waals surface area contributed by atoms with Gasteiger partial charge in [-0.3, -0.25) is 24.5 Å². The smallest absolute Gasteiger partial charge is 0.273 e. The Balaban J connectivity index is 1.41. The van der Waals surface area contributed by atoms with Gasteiger partial charge in [-0.1, -0.05) is 6.07 Å². The van der Waals surface area contributed by atoms with Crippen molar-refractivity contribution in [3.63, 3.8) is 0 Å². The zero-order chi connectivity index (χ0) is 21.9. The van der Waals surface area contributed by atoms with Gasteiger partial charge in [0.2, 0.25) is 0 Å². The topological polar surface area (TPSA) is 95.1 Å². The molecule has 3 aromatic rings. The average molecular weight is 431 g/mol. The molecular weight excluding hydrogens is 404 g/mol. The van der Waals surface area contributed by atoms with Crippen LogP contribution in [0.25, 0.3) is 0 Å². The number of H-pyrrole nitrogens is 1. The largest absolute Gasteiger partial charge is 0.327 e. The molecule has 3 aromatic heterocycles. The average Bonchev–Trinajstić information content (AvgIpc) is 2.84. The number of nitrogens with one attached hydrogen (secondary N) is 1. The van der Waals surface area contributed by atoms with E-state index in [1.165, 1.54) is 5.56 Å². The van der Waals surface area contributed by atoms with E-state index < -0.39 is 0 Å². The van der Waals surface area contributed by atoms with E-state index in [9.17, 15) is 9.59 Å². The first-order valence-corrected chi connectivity index (χ1v) is 11.1. The van der Waals surface area contributed by atoms with Gasteiger partial charge in [0.05, 0.1) is 11.7 Å². The maximum absolute atomic E-state index is 13.1. The predicted molar refractivity (Wildman–Crippen MR) is 119 cm³/mol. The number of aromatic nitrogens is 4. The van der Waals surface area contributed by atoms with Gasteiger partial charge in [0.15, 0.2) is 0 Å². The van der Waals surface area contributed by atoms with Crippen molar-refractivity contribution in [2.75, 3.05) is 13.1 Å². The Morgan fingerprint density at radius 1 is 1.09 bits per heavy atom. The van der Waals surface area contributed by atoms with Gasteiger partial charge < -0.3 is 9.88 Å². The molecule has 8 nitrogen and oxygen atoms in total. The first kappa shape index (κ1) is 20.5. The van der Waals surface area contributed by atoms with Gasteiger partial charge in [0.25, 0.3) is 11.5 Å². The monoisotopic (exact) mass is 430 g/mol. The zero-order valence-corrected chi connectivity index (χ0v) is 17.9. The highest BCUT2D eigenvalue weighted by Crippen LogP contribution is 2.30. The third-order valence-electron chi connectivity index (χ3n) is 6.29. The van der Waals surface area contributed by atoms with Crippen molar-refractivity contribution in [2.45, 2.75) is 44.8 Å². The first-order valence-electron chi connectivity index (χ1n) is 11.1. The number of likely N-dealkylation sites (tertiary alicyclic amines) is 1. The lowest BCUT2D eigenvalue weighted by molar-refractivity contribution is 0.0592. The summed E-state index contributed by atoms with van der Waals surface area (Å²) in [5.41, 5.74) is 3.11. The van der Waals surface area contributed by atoms with Crippen LogP contribution in [-0.2, 0) is 19.5 Å². The summed E-state index contributed by atoms with van der Waals surface area (Å²) in [6, 6.07) is 9.12. The van der Waals surface area contributed by atoms with Crippen molar-refractivity contribution >= 4 is 5.91 Å². The number of piperidine rings is 1. The molecule has 1 N–H and O–H groups in total.